The van der Waals surface area contributed by atoms with Gasteiger partial charge in [0.15, 0.2) is 0 Å². The van der Waals surface area contributed by atoms with Gasteiger partial charge in [0, 0.05) is 6.42 Å². The molecule has 1 heterocycles. The van der Waals surface area contributed by atoms with E-state index in [-0.39, 0.29) is 12.5 Å². The van der Waals surface area contributed by atoms with Gasteiger partial charge in [0.1, 0.15) is 11.4 Å². The second-order valence-electron chi connectivity index (χ2n) is 6.02. The lowest BCUT2D eigenvalue weighted by Gasteiger charge is -2.21. The first-order chi connectivity index (χ1) is 10.4. The molecule has 0 bridgehead atoms. The molecule has 0 fully saturated rings. The fourth-order valence-corrected chi connectivity index (χ4v) is 2.50. The summed E-state index contributed by atoms with van der Waals surface area (Å²) in [5.41, 5.74) is 2.37. The number of nitrogens with one attached hydrogen (secondary N) is 1. The van der Waals surface area contributed by atoms with Crippen LogP contribution in [0.1, 0.15) is 35.8 Å². The highest BCUT2D eigenvalue weighted by atomic mass is 16.4. The fourth-order valence-electron chi connectivity index (χ4n) is 2.50. The summed E-state index contributed by atoms with van der Waals surface area (Å²) in [4.78, 5) is 11.9. The fraction of sp³-hybridized carbons (Fsp3) is 0.389. The van der Waals surface area contributed by atoms with Crippen LogP contribution in [0.15, 0.2) is 41.0 Å². The summed E-state index contributed by atoms with van der Waals surface area (Å²) in [5, 5.41) is 13.0. The summed E-state index contributed by atoms with van der Waals surface area (Å²) in [6.07, 6.45) is 2.60. The van der Waals surface area contributed by atoms with E-state index in [1.54, 1.807) is 19.1 Å². The minimum atomic E-state index is -1.20. The van der Waals surface area contributed by atoms with Crippen LogP contribution >= 0.6 is 0 Å². The summed E-state index contributed by atoms with van der Waals surface area (Å²) in [6.45, 7) is 5.86. The minimum Gasteiger partial charge on any atom is -0.466 e. The zero-order chi connectivity index (χ0) is 16.2. The molecule has 4 nitrogen and oxygen atoms in total. The van der Waals surface area contributed by atoms with Gasteiger partial charge >= 0.3 is 0 Å². The highest BCUT2D eigenvalue weighted by Crippen LogP contribution is 2.19. The van der Waals surface area contributed by atoms with E-state index in [0.717, 1.165) is 5.56 Å². The van der Waals surface area contributed by atoms with E-state index in [1.807, 2.05) is 0 Å². The number of carbonyl (C=O) groups excluding carboxylic acids is 1. The van der Waals surface area contributed by atoms with E-state index < -0.39 is 5.60 Å². The number of furan rings is 1. The Labute approximate surface area is 131 Å². The number of amides is 1. The molecule has 1 aromatic heterocycles. The zero-order valence-corrected chi connectivity index (χ0v) is 13.3. The lowest BCUT2D eigenvalue weighted by molar-refractivity contribution is -0.122. The second-order valence-corrected chi connectivity index (χ2v) is 6.02. The molecule has 4 heteroatoms. The molecule has 1 aromatic carbocycles. The molecule has 0 aliphatic heterocycles. The number of rotatable bonds is 6. The van der Waals surface area contributed by atoms with Gasteiger partial charge in [0.05, 0.1) is 12.8 Å². The summed E-state index contributed by atoms with van der Waals surface area (Å²) in [5.74, 6) is 0.369. The monoisotopic (exact) mass is 301 g/mol. The lowest BCUT2D eigenvalue weighted by Crippen LogP contribution is -2.38. The van der Waals surface area contributed by atoms with Crippen molar-refractivity contribution >= 4 is 5.91 Å². The molecule has 0 saturated carbocycles. The molecule has 1 amide bonds. The van der Waals surface area contributed by atoms with Gasteiger partial charge in [0.25, 0.3) is 0 Å². The SMILES string of the molecule is Cc1cc(C)cc(CCC(=O)NCC(C)(O)c2ccco2)c1. The number of aryl methyl sites for hydroxylation is 3. The molecule has 0 saturated heterocycles. The molecule has 0 spiro atoms. The van der Waals surface area contributed by atoms with Gasteiger partial charge in [-0.3, -0.25) is 4.79 Å². The van der Waals surface area contributed by atoms with Crippen molar-refractivity contribution in [2.45, 2.75) is 39.2 Å². The maximum Gasteiger partial charge on any atom is 0.220 e. The topological polar surface area (TPSA) is 62.5 Å². The molecule has 2 N–H and O–H groups in total. The molecular formula is C18H23NO3. The number of hydrogen-bond donors (Lipinski definition) is 2. The van der Waals surface area contributed by atoms with Crippen LogP contribution in [0.25, 0.3) is 0 Å². The molecule has 1 unspecified atom stereocenters. The van der Waals surface area contributed by atoms with Crippen LogP contribution in [0, 0.1) is 13.8 Å². The van der Waals surface area contributed by atoms with Gasteiger partial charge in [0.2, 0.25) is 5.91 Å². The van der Waals surface area contributed by atoms with Gasteiger partial charge in [-0.15, -0.1) is 0 Å². The third-order valence-corrected chi connectivity index (χ3v) is 3.60. The van der Waals surface area contributed by atoms with Gasteiger partial charge in [-0.05, 0) is 44.9 Å². The number of carbonyl (C=O) groups is 1. The zero-order valence-electron chi connectivity index (χ0n) is 13.3. The third kappa shape index (κ3) is 4.46. The van der Waals surface area contributed by atoms with Crippen molar-refractivity contribution in [3.05, 3.63) is 59.0 Å². The molecule has 0 aliphatic rings. The van der Waals surface area contributed by atoms with E-state index in [0.29, 0.717) is 18.6 Å². The molecule has 0 aliphatic carbocycles. The Hall–Kier alpha value is -2.07. The maximum absolute atomic E-state index is 11.9. The summed E-state index contributed by atoms with van der Waals surface area (Å²) >= 11 is 0. The van der Waals surface area contributed by atoms with Gasteiger partial charge in [-0.2, -0.15) is 0 Å². The van der Waals surface area contributed by atoms with Crippen LogP contribution in [0.3, 0.4) is 0 Å². The van der Waals surface area contributed by atoms with E-state index in [9.17, 15) is 9.90 Å². The minimum absolute atomic E-state index is 0.0778. The van der Waals surface area contributed by atoms with Crippen LogP contribution in [-0.2, 0) is 16.8 Å². The Morgan fingerprint density at radius 1 is 1.27 bits per heavy atom. The summed E-state index contributed by atoms with van der Waals surface area (Å²) < 4.78 is 5.18. The van der Waals surface area contributed by atoms with Crippen LogP contribution in [0.4, 0.5) is 0 Å². The average molecular weight is 301 g/mol. The molecule has 0 radical (unpaired) electrons. The maximum atomic E-state index is 11.9. The second kappa shape index (κ2) is 6.79. The predicted molar refractivity (Wildman–Crippen MR) is 85.5 cm³/mol. The highest BCUT2D eigenvalue weighted by Gasteiger charge is 2.26. The van der Waals surface area contributed by atoms with E-state index in [1.165, 1.54) is 17.4 Å². The van der Waals surface area contributed by atoms with Crippen molar-refractivity contribution in [1.29, 1.82) is 0 Å². The van der Waals surface area contributed by atoms with E-state index in [4.69, 9.17) is 4.42 Å². The molecule has 2 rings (SSSR count). The molecule has 2 aromatic rings. The standard InChI is InChI=1S/C18H23NO3/c1-13-9-14(2)11-15(10-13)6-7-17(20)19-12-18(3,21)16-5-4-8-22-16/h4-5,8-11,21H,6-7,12H2,1-3H3,(H,19,20). The van der Waals surface area contributed by atoms with Crippen molar-refractivity contribution in [3.8, 4) is 0 Å². The first kappa shape index (κ1) is 16.3. The van der Waals surface area contributed by atoms with Crippen molar-refractivity contribution in [2.75, 3.05) is 6.54 Å². The van der Waals surface area contributed by atoms with Gasteiger partial charge in [-0.1, -0.05) is 29.3 Å². The average Bonchev–Trinajstić information content (AvgIpc) is 2.97. The van der Waals surface area contributed by atoms with Crippen LogP contribution in [0.5, 0.6) is 0 Å². The number of hydrogen-bond acceptors (Lipinski definition) is 3. The van der Waals surface area contributed by atoms with Crippen molar-refractivity contribution in [2.24, 2.45) is 0 Å². The summed E-state index contributed by atoms with van der Waals surface area (Å²) in [7, 11) is 0. The smallest absolute Gasteiger partial charge is 0.220 e. The first-order valence-electron chi connectivity index (χ1n) is 7.47. The third-order valence-electron chi connectivity index (χ3n) is 3.60. The van der Waals surface area contributed by atoms with E-state index in [2.05, 4.69) is 37.4 Å². The van der Waals surface area contributed by atoms with Crippen molar-refractivity contribution in [1.82, 2.24) is 5.32 Å². The van der Waals surface area contributed by atoms with Crippen LogP contribution in [-0.4, -0.2) is 17.6 Å². The summed E-state index contributed by atoms with van der Waals surface area (Å²) in [6, 6.07) is 9.72. The highest BCUT2D eigenvalue weighted by molar-refractivity contribution is 5.76. The first-order valence-corrected chi connectivity index (χ1v) is 7.47. The van der Waals surface area contributed by atoms with Crippen LogP contribution in [0.2, 0.25) is 0 Å². The van der Waals surface area contributed by atoms with Crippen molar-refractivity contribution in [3.63, 3.8) is 0 Å². The van der Waals surface area contributed by atoms with Crippen LogP contribution < -0.4 is 5.32 Å². The predicted octanol–water partition coefficient (Wildman–Crippen LogP) is 2.85. The number of aliphatic hydroxyl groups is 1. The Kier molecular flexibility index (Phi) is 5.03. The van der Waals surface area contributed by atoms with E-state index >= 15 is 0 Å². The molecule has 118 valence electrons. The van der Waals surface area contributed by atoms with Gasteiger partial charge < -0.3 is 14.8 Å². The normalized spacial score (nSPS) is 13.6. The quantitative estimate of drug-likeness (QED) is 0.862. The van der Waals surface area contributed by atoms with Crippen molar-refractivity contribution < 1.29 is 14.3 Å². The lowest BCUT2D eigenvalue weighted by atomic mass is 10.0. The molecular weight excluding hydrogens is 278 g/mol. The molecule has 1 atom stereocenters. The Morgan fingerprint density at radius 3 is 2.55 bits per heavy atom. The number of benzene rings is 1. The Morgan fingerprint density at radius 2 is 1.95 bits per heavy atom. The van der Waals surface area contributed by atoms with Gasteiger partial charge in [-0.25, -0.2) is 0 Å². The Balaban J connectivity index is 1.83. The Bertz CT molecular complexity index is 610. The largest absolute Gasteiger partial charge is 0.466 e. The molecule has 22 heavy (non-hydrogen) atoms.